The first kappa shape index (κ1) is 20.3. The van der Waals surface area contributed by atoms with Gasteiger partial charge in [-0.3, -0.25) is 9.36 Å². The molecule has 150 valence electrons. The number of aromatic nitrogens is 2. The summed E-state index contributed by atoms with van der Waals surface area (Å²) >= 11 is 0. The van der Waals surface area contributed by atoms with Crippen molar-refractivity contribution in [3.63, 3.8) is 0 Å². The lowest BCUT2D eigenvalue weighted by atomic mass is 10.0. The van der Waals surface area contributed by atoms with Gasteiger partial charge in [0.15, 0.2) is 11.8 Å². The van der Waals surface area contributed by atoms with Crippen LogP contribution in [0.3, 0.4) is 0 Å². The number of aryl methyl sites for hydroxylation is 3. The second-order valence-corrected chi connectivity index (χ2v) is 6.94. The highest BCUT2D eigenvalue weighted by atomic mass is 19.1. The fourth-order valence-corrected chi connectivity index (χ4v) is 3.13. The molecular formula is C22H22FN3O3. The van der Waals surface area contributed by atoms with E-state index in [1.807, 2.05) is 32.9 Å². The maximum atomic E-state index is 13.1. The Morgan fingerprint density at radius 1 is 1.10 bits per heavy atom. The number of hydrogen-bond acceptors (Lipinski definition) is 4. The first-order valence-electron chi connectivity index (χ1n) is 9.14. The average Bonchev–Trinajstić information content (AvgIpc) is 3.15. The Hall–Kier alpha value is -3.48. The lowest BCUT2D eigenvalue weighted by molar-refractivity contribution is -0.123. The largest absolute Gasteiger partial charge is 0.448 e. The maximum Gasteiger partial charge on any atom is 0.357 e. The molecule has 3 aromatic rings. The molecule has 0 aliphatic rings. The van der Waals surface area contributed by atoms with Gasteiger partial charge in [-0.1, -0.05) is 17.7 Å². The second-order valence-electron chi connectivity index (χ2n) is 6.94. The summed E-state index contributed by atoms with van der Waals surface area (Å²) in [7, 11) is 0. The molecule has 0 aliphatic heterocycles. The Kier molecular flexibility index (Phi) is 5.77. The Bertz CT molecular complexity index is 1030. The molecule has 0 radical (unpaired) electrons. The van der Waals surface area contributed by atoms with Crippen molar-refractivity contribution >= 4 is 17.6 Å². The van der Waals surface area contributed by atoms with Crippen LogP contribution >= 0.6 is 0 Å². The number of anilines is 1. The number of esters is 1. The van der Waals surface area contributed by atoms with Gasteiger partial charge in [0.1, 0.15) is 5.82 Å². The predicted octanol–water partition coefficient (Wildman–Crippen LogP) is 4.12. The number of halogens is 1. The van der Waals surface area contributed by atoms with Gasteiger partial charge in [-0.15, -0.1) is 0 Å². The number of amides is 1. The zero-order chi connectivity index (χ0) is 21.1. The van der Waals surface area contributed by atoms with Crippen LogP contribution in [0, 0.1) is 26.6 Å². The van der Waals surface area contributed by atoms with E-state index >= 15 is 0 Å². The molecule has 1 atom stereocenters. The number of carbonyl (C=O) groups is 2. The topological polar surface area (TPSA) is 73.2 Å². The third kappa shape index (κ3) is 4.51. The van der Waals surface area contributed by atoms with E-state index in [-0.39, 0.29) is 11.5 Å². The molecule has 1 heterocycles. The van der Waals surface area contributed by atoms with Gasteiger partial charge in [-0.05, 0) is 63.1 Å². The summed E-state index contributed by atoms with van der Waals surface area (Å²) in [5.41, 5.74) is 4.37. The number of rotatable bonds is 5. The molecule has 0 aliphatic carbocycles. The minimum Gasteiger partial charge on any atom is -0.448 e. The molecule has 1 unspecified atom stereocenters. The van der Waals surface area contributed by atoms with Crippen molar-refractivity contribution in [2.45, 2.75) is 33.8 Å². The number of ether oxygens (including phenoxy) is 1. The summed E-state index contributed by atoms with van der Waals surface area (Å²) in [4.78, 5) is 29.1. The maximum absolute atomic E-state index is 13.1. The lowest BCUT2D eigenvalue weighted by Gasteiger charge is -2.17. The Labute approximate surface area is 168 Å². The van der Waals surface area contributed by atoms with Crippen molar-refractivity contribution in [3.05, 3.63) is 77.1 Å². The van der Waals surface area contributed by atoms with Crippen LogP contribution in [0.1, 0.15) is 34.1 Å². The molecule has 0 fully saturated rings. The Balaban J connectivity index is 1.72. The number of carbonyl (C=O) groups excluding carboxylic acids is 2. The van der Waals surface area contributed by atoms with Crippen molar-refractivity contribution in [3.8, 4) is 5.69 Å². The average molecular weight is 395 g/mol. The molecule has 0 saturated heterocycles. The van der Waals surface area contributed by atoms with Crippen LogP contribution in [0.5, 0.6) is 0 Å². The first-order chi connectivity index (χ1) is 13.8. The molecule has 0 spiro atoms. The summed E-state index contributed by atoms with van der Waals surface area (Å²) in [6.45, 7) is 7.31. The summed E-state index contributed by atoms with van der Waals surface area (Å²) in [5.74, 6) is -1.52. The molecular weight excluding hydrogens is 373 g/mol. The van der Waals surface area contributed by atoms with Crippen LogP contribution in [0.15, 0.2) is 48.9 Å². The Morgan fingerprint density at radius 2 is 1.72 bits per heavy atom. The molecule has 6 nitrogen and oxygen atoms in total. The number of nitrogens with zero attached hydrogens (tertiary/aromatic N) is 2. The van der Waals surface area contributed by atoms with E-state index in [2.05, 4.69) is 10.3 Å². The standard InChI is InChI=1S/C22H22FN3O3/c1-13-9-14(2)20(15(3)10-13)25-21(27)16(4)29-22(28)19-11-24-12-26(19)18-7-5-17(23)6-8-18/h5-12,16H,1-4H3,(H,25,27). The molecule has 0 bridgehead atoms. The number of imidazole rings is 1. The smallest absolute Gasteiger partial charge is 0.357 e. The molecule has 1 N–H and O–H groups in total. The van der Waals surface area contributed by atoms with Gasteiger partial charge < -0.3 is 10.1 Å². The zero-order valence-corrected chi connectivity index (χ0v) is 16.7. The van der Waals surface area contributed by atoms with Gasteiger partial charge in [-0.25, -0.2) is 14.2 Å². The van der Waals surface area contributed by atoms with Gasteiger partial charge in [0.25, 0.3) is 5.91 Å². The van der Waals surface area contributed by atoms with Crippen molar-refractivity contribution in [2.75, 3.05) is 5.32 Å². The molecule has 3 rings (SSSR count). The van der Waals surface area contributed by atoms with E-state index in [0.717, 1.165) is 16.7 Å². The van der Waals surface area contributed by atoms with E-state index in [9.17, 15) is 14.0 Å². The lowest BCUT2D eigenvalue weighted by Crippen LogP contribution is -2.31. The van der Waals surface area contributed by atoms with E-state index in [0.29, 0.717) is 11.4 Å². The van der Waals surface area contributed by atoms with Crippen LogP contribution in [0.4, 0.5) is 10.1 Å². The highest BCUT2D eigenvalue weighted by Crippen LogP contribution is 2.22. The molecule has 7 heteroatoms. The van der Waals surface area contributed by atoms with E-state index < -0.39 is 18.0 Å². The predicted molar refractivity (Wildman–Crippen MR) is 108 cm³/mol. The first-order valence-corrected chi connectivity index (χ1v) is 9.14. The molecule has 2 aromatic carbocycles. The van der Waals surface area contributed by atoms with Crippen molar-refractivity contribution in [1.82, 2.24) is 9.55 Å². The van der Waals surface area contributed by atoms with Crippen LogP contribution in [0.2, 0.25) is 0 Å². The third-order valence-corrected chi connectivity index (χ3v) is 4.53. The second kappa shape index (κ2) is 8.26. The molecule has 1 aromatic heterocycles. The molecule has 0 saturated carbocycles. The van der Waals surface area contributed by atoms with Crippen molar-refractivity contribution in [2.24, 2.45) is 0 Å². The van der Waals surface area contributed by atoms with Gasteiger partial charge in [0, 0.05) is 11.4 Å². The minimum atomic E-state index is -1.01. The zero-order valence-electron chi connectivity index (χ0n) is 16.7. The summed E-state index contributed by atoms with van der Waals surface area (Å²) in [6, 6.07) is 9.56. The number of hydrogen-bond donors (Lipinski definition) is 1. The van der Waals surface area contributed by atoms with Gasteiger partial charge in [0.05, 0.1) is 12.5 Å². The summed E-state index contributed by atoms with van der Waals surface area (Å²) < 4.78 is 20.0. The highest BCUT2D eigenvalue weighted by molar-refractivity contribution is 5.98. The van der Waals surface area contributed by atoms with Crippen LogP contribution in [0.25, 0.3) is 5.69 Å². The minimum absolute atomic E-state index is 0.138. The SMILES string of the molecule is Cc1cc(C)c(NC(=O)C(C)OC(=O)c2cncn2-c2ccc(F)cc2)c(C)c1. The van der Waals surface area contributed by atoms with Gasteiger partial charge >= 0.3 is 5.97 Å². The summed E-state index contributed by atoms with van der Waals surface area (Å²) in [6.07, 6.45) is 1.75. The van der Waals surface area contributed by atoms with E-state index in [4.69, 9.17) is 4.74 Å². The highest BCUT2D eigenvalue weighted by Gasteiger charge is 2.23. The molecule has 1 amide bonds. The fraction of sp³-hybridized carbons (Fsp3) is 0.227. The van der Waals surface area contributed by atoms with Crippen molar-refractivity contribution < 1.29 is 18.7 Å². The number of nitrogens with one attached hydrogen (secondary N) is 1. The monoisotopic (exact) mass is 395 g/mol. The van der Waals surface area contributed by atoms with Gasteiger partial charge in [0.2, 0.25) is 0 Å². The van der Waals surface area contributed by atoms with Crippen molar-refractivity contribution in [1.29, 1.82) is 0 Å². The van der Waals surface area contributed by atoms with E-state index in [1.54, 1.807) is 0 Å². The van der Waals surface area contributed by atoms with Crippen LogP contribution in [-0.2, 0) is 9.53 Å². The fourth-order valence-electron chi connectivity index (χ4n) is 3.13. The van der Waals surface area contributed by atoms with Crippen LogP contribution in [-0.4, -0.2) is 27.5 Å². The normalized spacial score (nSPS) is 11.8. The molecule has 29 heavy (non-hydrogen) atoms. The quantitative estimate of drug-likeness (QED) is 0.660. The number of benzene rings is 2. The third-order valence-electron chi connectivity index (χ3n) is 4.53. The van der Waals surface area contributed by atoms with E-state index in [1.165, 1.54) is 48.3 Å². The summed E-state index contributed by atoms with van der Waals surface area (Å²) in [5, 5.41) is 2.83. The van der Waals surface area contributed by atoms with Gasteiger partial charge in [-0.2, -0.15) is 0 Å². The Morgan fingerprint density at radius 3 is 2.34 bits per heavy atom. The van der Waals surface area contributed by atoms with Crippen LogP contribution < -0.4 is 5.32 Å².